The normalized spacial score (nSPS) is 12.2. The topological polar surface area (TPSA) is 42.4 Å². The molecule has 0 radical (unpaired) electrons. The molecule has 3 aromatic rings. The molecule has 0 fully saturated rings. The zero-order valence-corrected chi connectivity index (χ0v) is 13.5. The van der Waals surface area contributed by atoms with E-state index in [1.54, 1.807) is 12.1 Å². The van der Waals surface area contributed by atoms with Crippen LogP contribution in [0.5, 0.6) is 5.75 Å². The number of benzene rings is 2. The van der Waals surface area contributed by atoms with Crippen LogP contribution >= 0.6 is 0 Å². The van der Waals surface area contributed by atoms with E-state index < -0.39 is 12.1 Å². The summed E-state index contributed by atoms with van der Waals surface area (Å²) < 4.78 is 19.0. The van der Waals surface area contributed by atoms with Crippen LogP contribution in [-0.2, 0) is 0 Å². The molecule has 3 nitrogen and oxygen atoms in total. The molecule has 0 amide bonds. The lowest BCUT2D eigenvalue weighted by atomic mass is 10.1. The van der Waals surface area contributed by atoms with Crippen molar-refractivity contribution in [3.8, 4) is 16.9 Å². The highest BCUT2D eigenvalue weighted by atomic mass is 19.1. The van der Waals surface area contributed by atoms with Crippen LogP contribution in [0.4, 0.5) is 4.39 Å². The summed E-state index contributed by atoms with van der Waals surface area (Å²) >= 11 is 0. The molecule has 0 spiro atoms. The smallest absolute Gasteiger partial charge is 0.220 e. The Morgan fingerprint density at radius 2 is 1.68 bits per heavy atom. The van der Waals surface area contributed by atoms with E-state index in [2.05, 4.69) is 4.98 Å². The first-order valence-electron chi connectivity index (χ1n) is 7.97. The van der Waals surface area contributed by atoms with Gasteiger partial charge in [0.1, 0.15) is 18.5 Å². The molecule has 0 saturated carbocycles. The number of nitrogens with zero attached hydrogens (tertiary/aromatic N) is 1. The second-order valence-corrected chi connectivity index (χ2v) is 5.51. The molecule has 0 saturated heterocycles. The Morgan fingerprint density at radius 1 is 0.960 bits per heavy atom. The predicted octanol–water partition coefficient (Wildman–Crippen LogP) is 4.34. The first-order chi connectivity index (χ1) is 12.2. The molecule has 3 rings (SSSR count). The van der Waals surface area contributed by atoms with Gasteiger partial charge in [0.05, 0.1) is 0 Å². The van der Waals surface area contributed by atoms with Crippen LogP contribution < -0.4 is 4.74 Å². The van der Waals surface area contributed by atoms with Crippen molar-refractivity contribution in [2.75, 3.05) is 6.61 Å². The summed E-state index contributed by atoms with van der Waals surface area (Å²) in [5, 5.41) is 9.94. The Labute approximate surface area is 146 Å². The molecule has 1 atom stereocenters. The zero-order chi connectivity index (χ0) is 17.5. The van der Waals surface area contributed by atoms with Gasteiger partial charge in [-0.05, 0) is 35.4 Å². The van der Waals surface area contributed by atoms with E-state index in [4.69, 9.17) is 4.74 Å². The van der Waals surface area contributed by atoms with Crippen molar-refractivity contribution >= 4 is 6.08 Å². The molecule has 1 unspecified atom stereocenters. The van der Waals surface area contributed by atoms with Gasteiger partial charge >= 0.3 is 0 Å². The van der Waals surface area contributed by atoms with Gasteiger partial charge in [0, 0.05) is 11.8 Å². The van der Waals surface area contributed by atoms with Gasteiger partial charge in [-0.1, -0.05) is 54.6 Å². The molecule has 1 heterocycles. The maximum absolute atomic E-state index is 13.4. The summed E-state index contributed by atoms with van der Waals surface area (Å²) in [4.78, 5) is 3.55. The van der Waals surface area contributed by atoms with E-state index in [1.165, 1.54) is 18.3 Å². The van der Waals surface area contributed by atoms with Gasteiger partial charge in [0.2, 0.25) is 5.95 Å². The molecule has 4 heteroatoms. The highest BCUT2D eigenvalue weighted by molar-refractivity contribution is 5.63. The minimum atomic E-state index is -0.839. The van der Waals surface area contributed by atoms with E-state index in [9.17, 15) is 9.50 Å². The maximum Gasteiger partial charge on any atom is 0.220 e. The van der Waals surface area contributed by atoms with Crippen LogP contribution in [0.15, 0.2) is 79.0 Å². The van der Waals surface area contributed by atoms with Gasteiger partial charge < -0.3 is 9.84 Å². The Balaban J connectivity index is 1.55. The summed E-state index contributed by atoms with van der Waals surface area (Å²) in [6.07, 6.45) is 3.52. The zero-order valence-electron chi connectivity index (χ0n) is 13.5. The fourth-order valence-corrected chi connectivity index (χ4v) is 2.35. The second-order valence-electron chi connectivity index (χ2n) is 5.51. The number of aliphatic hydroxyl groups excluding tert-OH is 1. The summed E-state index contributed by atoms with van der Waals surface area (Å²) in [5.74, 6) is 0.100. The van der Waals surface area contributed by atoms with Crippen molar-refractivity contribution in [1.82, 2.24) is 4.98 Å². The van der Waals surface area contributed by atoms with Crippen molar-refractivity contribution in [3.05, 3.63) is 90.5 Å². The number of rotatable bonds is 6. The lowest BCUT2D eigenvalue weighted by molar-refractivity contribution is 0.145. The van der Waals surface area contributed by atoms with E-state index in [0.29, 0.717) is 11.3 Å². The lowest BCUT2D eigenvalue weighted by Crippen LogP contribution is -2.14. The standard InChI is InChI=1S/C21H18FNO2/c22-21-18(7-4-14-23-21)8-11-19(24)15-25-20-12-9-17(10-13-20)16-5-2-1-3-6-16/h1-14,19,24H,15H2/b11-8+. The molecule has 0 aliphatic rings. The number of hydrogen-bond donors (Lipinski definition) is 1. The van der Waals surface area contributed by atoms with Crippen molar-refractivity contribution in [3.63, 3.8) is 0 Å². The fourth-order valence-electron chi connectivity index (χ4n) is 2.35. The summed E-state index contributed by atoms with van der Waals surface area (Å²) in [6.45, 7) is 0.0864. The maximum atomic E-state index is 13.4. The minimum absolute atomic E-state index is 0.0864. The summed E-state index contributed by atoms with van der Waals surface area (Å²) in [6, 6.07) is 20.9. The molecular weight excluding hydrogens is 317 g/mol. The van der Waals surface area contributed by atoms with Crippen LogP contribution in [0.25, 0.3) is 17.2 Å². The molecule has 0 bridgehead atoms. The van der Waals surface area contributed by atoms with Gasteiger partial charge in [-0.2, -0.15) is 4.39 Å². The van der Waals surface area contributed by atoms with Crippen LogP contribution in [-0.4, -0.2) is 22.8 Å². The molecule has 2 aromatic carbocycles. The first-order valence-corrected chi connectivity index (χ1v) is 7.97. The van der Waals surface area contributed by atoms with E-state index >= 15 is 0 Å². The molecule has 0 aliphatic carbocycles. The van der Waals surface area contributed by atoms with E-state index in [1.807, 2.05) is 54.6 Å². The van der Waals surface area contributed by atoms with E-state index in [-0.39, 0.29) is 6.61 Å². The number of aliphatic hydroxyl groups is 1. The van der Waals surface area contributed by atoms with Gasteiger partial charge in [0.25, 0.3) is 0 Å². The molecule has 126 valence electrons. The van der Waals surface area contributed by atoms with Crippen molar-refractivity contribution in [2.45, 2.75) is 6.10 Å². The van der Waals surface area contributed by atoms with Crippen LogP contribution in [0.2, 0.25) is 0 Å². The third kappa shape index (κ3) is 4.75. The van der Waals surface area contributed by atoms with Gasteiger partial charge in [-0.15, -0.1) is 0 Å². The molecule has 1 N–H and O–H groups in total. The number of ether oxygens (including phenoxy) is 1. The quantitative estimate of drug-likeness (QED) is 0.681. The van der Waals surface area contributed by atoms with Crippen molar-refractivity contribution in [2.24, 2.45) is 0 Å². The minimum Gasteiger partial charge on any atom is -0.491 e. The highest BCUT2D eigenvalue weighted by Gasteiger charge is 2.04. The summed E-state index contributed by atoms with van der Waals surface area (Å²) in [5.41, 5.74) is 2.56. The molecule has 0 aliphatic heterocycles. The molecular formula is C21H18FNO2. The lowest BCUT2D eigenvalue weighted by Gasteiger charge is -2.10. The van der Waals surface area contributed by atoms with Crippen LogP contribution in [0.3, 0.4) is 0 Å². The van der Waals surface area contributed by atoms with Crippen molar-refractivity contribution in [1.29, 1.82) is 0 Å². The third-order valence-electron chi connectivity index (χ3n) is 3.67. The SMILES string of the molecule is OC(/C=C/c1cccnc1F)COc1ccc(-c2ccccc2)cc1. The summed E-state index contributed by atoms with van der Waals surface area (Å²) in [7, 11) is 0. The number of aromatic nitrogens is 1. The Hall–Kier alpha value is -2.98. The molecule has 25 heavy (non-hydrogen) atoms. The largest absolute Gasteiger partial charge is 0.491 e. The monoisotopic (exact) mass is 335 g/mol. The Kier molecular flexibility index (Phi) is 5.54. The van der Waals surface area contributed by atoms with E-state index in [0.717, 1.165) is 11.1 Å². The van der Waals surface area contributed by atoms with Crippen molar-refractivity contribution < 1.29 is 14.2 Å². The number of pyridine rings is 1. The average molecular weight is 335 g/mol. The molecule has 1 aromatic heterocycles. The average Bonchev–Trinajstić information content (AvgIpc) is 2.67. The Morgan fingerprint density at radius 3 is 2.40 bits per heavy atom. The third-order valence-corrected chi connectivity index (χ3v) is 3.67. The van der Waals surface area contributed by atoms with Gasteiger partial charge in [-0.3, -0.25) is 0 Å². The number of hydrogen-bond acceptors (Lipinski definition) is 3. The Bertz CT molecular complexity index is 832. The number of halogens is 1. The van der Waals surface area contributed by atoms with Crippen LogP contribution in [0, 0.1) is 5.95 Å². The second kappa shape index (κ2) is 8.22. The first kappa shape index (κ1) is 16.9. The van der Waals surface area contributed by atoms with Gasteiger partial charge in [0.15, 0.2) is 0 Å². The highest BCUT2D eigenvalue weighted by Crippen LogP contribution is 2.22. The fraction of sp³-hybridized carbons (Fsp3) is 0.0952. The van der Waals surface area contributed by atoms with Gasteiger partial charge in [-0.25, -0.2) is 4.98 Å². The predicted molar refractivity (Wildman–Crippen MR) is 96.6 cm³/mol. The van der Waals surface area contributed by atoms with Crippen LogP contribution in [0.1, 0.15) is 5.56 Å².